The minimum Gasteiger partial charge on any atom is -0.357 e. The minimum atomic E-state index is -0.493. The third-order valence-electron chi connectivity index (χ3n) is 3.18. The highest BCUT2D eigenvalue weighted by molar-refractivity contribution is 5.86. The third kappa shape index (κ3) is 4.17. The Morgan fingerprint density at radius 1 is 0.955 bits per heavy atom. The van der Waals surface area contributed by atoms with Gasteiger partial charge in [0.05, 0.1) is 5.92 Å². The SMILES string of the molecule is CNC(=O)CONC(=O)C(c1ccccc1)c1ccccc1. The molecule has 2 N–H and O–H groups in total. The highest BCUT2D eigenvalue weighted by Crippen LogP contribution is 2.24. The normalized spacial score (nSPS) is 10.3. The van der Waals surface area contributed by atoms with Gasteiger partial charge in [-0.3, -0.25) is 14.4 Å². The molecular formula is C17H18N2O3. The summed E-state index contributed by atoms with van der Waals surface area (Å²) in [6, 6.07) is 18.8. The number of hydrogen-bond donors (Lipinski definition) is 2. The van der Waals surface area contributed by atoms with Gasteiger partial charge < -0.3 is 5.32 Å². The van der Waals surface area contributed by atoms with Gasteiger partial charge in [-0.1, -0.05) is 60.7 Å². The number of hydrogen-bond acceptors (Lipinski definition) is 3. The van der Waals surface area contributed by atoms with E-state index in [9.17, 15) is 9.59 Å². The number of benzene rings is 2. The zero-order valence-electron chi connectivity index (χ0n) is 12.3. The van der Waals surface area contributed by atoms with Gasteiger partial charge in [0.2, 0.25) is 5.91 Å². The minimum absolute atomic E-state index is 0.224. The molecule has 0 aliphatic rings. The van der Waals surface area contributed by atoms with Crippen LogP contribution >= 0.6 is 0 Å². The number of carbonyl (C=O) groups is 2. The fraction of sp³-hybridized carbons (Fsp3) is 0.176. The molecule has 0 spiro atoms. The summed E-state index contributed by atoms with van der Waals surface area (Å²) in [5, 5.41) is 2.42. The summed E-state index contributed by atoms with van der Waals surface area (Å²) >= 11 is 0. The van der Waals surface area contributed by atoms with Gasteiger partial charge >= 0.3 is 0 Å². The number of rotatable bonds is 6. The topological polar surface area (TPSA) is 67.4 Å². The van der Waals surface area contributed by atoms with Crippen LogP contribution < -0.4 is 10.8 Å². The van der Waals surface area contributed by atoms with Crippen LogP contribution in [0.5, 0.6) is 0 Å². The van der Waals surface area contributed by atoms with Crippen LogP contribution in [0.3, 0.4) is 0 Å². The molecule has 5 nitrogen and oxygen atoms in total. The molecule has 0 atom stereocenters. The molecular weight excluding hydrogens is 280 g/mol. The number of likely N-dealkylation sites (N-methyl/N-ethyl adjacent to an activating group) is 1. The lowest BCUT2D eigenvalue weighted by atomic mass is 9.91. The Balaban J connectivity index is 2.15. The molecule has 0 aliphatic heterocycles. The van der Waals surface area contributed by atoms with E-state index >= 15 is 0 Å². The molecule has 2 aromatic carbocycles. The largest absolute Gasteiger partial charge is 0.357 e. The van der Waals surface area contributed by atoms with Crippen molar-refractivity contribution in [3.8, 4) is 0 Å². The van der Waals surface area contributed by atoms with Crippen LogP contribution in [0.15, 0.2) is 60.7 Å². The molecule has 5 heteroatoms. The standard InChI is InChI=1S/C17H18N2O3/c1-18-15(20)12-22-19-17(21)16(13-8-4-2-5-9-13)14-10-6-3-7-11-14/h2-11,16H,12H2,1H3,(H,18,20)(H,19,21). The average molecular weight is 298 g/mol. The number of carbonyl (C=O) groups excluding carboxylic acids is 2. The summed E-state index contributed by atoms with van der Waals surface area (Å²) in [5.74, 6) is -1.12. The van der Waals surface area contributed by atoms with Crippen molar-refractivity contribution >= 4 is 11.8 Å². The first-order valence-corrected chi connectivity index (χ1v) is 6.94. The van der Waals surface area contributed by atoms with Crippen molar-refractivity contribution in [2.45, 2.75) is 5.92 Å². The van der Waals surface area contributed by atoms with E-state index in [-0.39, 0.29) is 18.4 Å². The molecule has 0 saturated carbocycles. The van der Waals surface area contributed by atoms with Crippen LogP contribution in [0.4, 0.5) is 0 Å². The van der Waals surface area contributed by atoms with Crippen molar-refractivity contribution in [3.63, 3.8) is 0 Å². The Kier molecular flexibility index (Phi) is 5.68. The van der Waals surface area contributed by atoms with Crippen molar-refractivity contribution in [2.24, 2.45) is 0 Å². The molecule has 114 valence electrons. The summed E-state index contributed by atoms with van der Waals surface area (Å²) < 4.78 is 0. The first kappa shape index (κ1) is 15.7. The van der Waals surface area contributed by atoms with Gasteiger partial charge in [-0.05, 0) is 11.1 Å². The first-order valence-electron chi connectivity index (χ1n) is 6.94. The highest BCUT2D eigenvalue weighted by atomic mass is 16.7. The maximum absolute atomic E-state index is 12.4. The van der Waals surface area contributed by atoms with E-state index in [1.54, 1.807) is 0 Å². The first-order chi connectivity index (χ1) is 10.7. The predicted molar refractivity (Wildman–Crippen MR) is 82.9 cm³/mol. The van der Waals surface area contributed by atoms with Crippen molar-refractivity contribution in [3.05, 3.63) is 71.8 Å². The van der Waals surface area contributed by atoms with Gasteiger partial charge in [0.1, 0.15) is 0 Å². The Morgan fingerprint density at radius 3 is 1.91 bits per heavy atom. The van der Waals surface area contributed by atoms with Gasteiger partial charge in [-0.2, -0.15) is 0 Å². The smallest absolute Gasteiger partial charge is 0.255 e. The Hall–Kier alpha value is -2.66. The van der Waals surface area contributed by atoms with Gasteiger partial charge in [-0.25, -0.2) is 5.48 Å². The van der Waals surface area contributed by atoms with Gasteiger partial charge in [0.25, 0.3) is 5.91 Å². The van der Waals surface area contributed by atoms with E-state index in [1.807, 2.05) is 60.7 Å². The van der Waals surface area contributed by atoms with Gasteiger partial charge in [-0.15, -0.1) is 0 Å². The van der Waals surface area contributed by atoms with E-state index in [1.165, 1.54) is 7.05 Å². The maximum atomic E-state index is 12.4. The predicted octanol–water partition coefficient (Wildman–Crippen LogP) is 1.61. The van der Waals surface area contributed by atoms with Crippen LogP contribution in [0.2, 0.25) is 0 Å². The summed E-state index contributed by atoms with van der Waals surface area (Å²) in [7, 11) is 1.50. The Morgan fingerprint density at radius 2 is 1.45 bits per heavy atom. The van der Waals surface area contributed by atoms with Crippen LogP contribution in [0.1, 0.15) is 17.0 Å². The maximum Gasteiger partial charge on any atom is 0.255 e. The van der Waals surface area contributed by atoms with E-state index < -0.39 is 5.92 Å². The molecule has 0 aliphatic carbocycles. The number of nitrogens with one attached hydrogen (secondary N) is 2. The van der Waals surface area contributed by atoms with Crippen LogP contribution in [0.25, 0.3) is 0 Å². The molecule has 0 unspecified atom stereocenters. The van der Waals surface area contributed by atoms with E-state index in [2.05, 4.69) is 10.8 Å². The Bertz CT molecular complexity index is 575. The second-order valence-electron chi connectivity index (χ2n) is 4.68. The second kappa shape index (κ2) is 7.95. The molecule has 2 aromatic rings. The van der Waals surface area contributed by atoms with Crippen molar-refractivity contribution < 1.29 is 14.4 Å². The lowest BCUT2D eigenvalue weighted by molar-refractivity contribution is -0.139. The van der Waals surface area contributed by atoms with Gasteiger partial charge in [0, 0.05) is 7.05 Å². The fourth-order valence-corrected chi connectivity index (χ4v) is 2.09. The van der Waals surface area contributed by atoms with E-state index in [0.717, 1.165) is 11.1 Å². The molecule has 0 radical (unpaired) electrons. The van der Waals surface area contributed by atoms with Crippen LogP contribution in [-0.2, 0) is 14.4 Å². The van der Waals surface area contributed by atoms with Crippen molar-refractivity contribution in [2.75, 3.05) is 13.7 Å². The molecule has 22 heavy (non-hydrogen) atoms. The van der Waals surface area contributed by atoms with E-state index in [4.69, 9.17) is 4.84 Å². The fourth-order valence-electron chi connectivity index (χ4n) is 2.09. The summed E-state index contributed by atoms with van der Waals surface area (Å²) in [4.78, 5) is 28.5. The quantitative estimate of drug-likeness (QED) is 0.796. The zero-order chi connectivity index (χ0) is 15.8. The average Bonchev–Trinajstić information content (AvgIpc) is 2.57. The van der Waals surface area contributed by atoms with Crippen molar-refractivity contribution in [1.29, 1.82) is 0 Å². The number of amides is 2. The second-order valence-corrected chi connectivity index (χ2v) is 4.68. The highest BCUT2D eigenvalue weighted by Gasteiger charge is 2.22. The molecule has 2 rings (SSSR count). The molecule has 2 amide bonds. The van der Waals surface area contributed by atoms with Crippen molar-refractivity contribution in [1.82, 2.24) is 10.8 Å². The monoisotopic (exact) mass is 298 g/mol. The lowest BCUT2D eigenvalue weighted by Gasteiger charge is -2.17. The summed E-state index contributed by atoms with van der Waals surface area (Å²) in [5.41, 5.74) is 4.06. The molecule has 0 aromatic heterocycles. The molecule has 0 fully saturated rings. The van der Waals surface area contributed by atoms with Crippen LogP contribution in [0, 0.1) is 0 Å². The molecule has 0 saturated heterocycles. The Labute approximate surface area is 129 Å². The third-order valence-corrected chi connectivity index (χ3v) is 3.18. The lowest BCUT2D eigenvalue weighted by Crippen LogP contribution is -2.34. The summed E-state index contributed by atoms with van der Waals surface area (Å²) in [6.07, 6.45) is 0. The molecule has 0 heterocycles. The molecule has 0 bridgehead atoms. The van der Waals surface area contributed by atoms with Gasteiger partial charge in [0.15, 0.2) is 6.61 Å². The van der Waals surface area contributed by atoms with Crippen LogP contribution in [-0.4, -0.2) is 25.5 Å². The zero-order valence-corrected chi connectivity index (χ0v) is 12.3. The van der Waals surface area contributed by atoms with E-state index in [0.29, 0.717) is 0 Å². The number of hydroxylamine groups is 1. The summed E-state index contributed by atoms with van der Waals surface area (Å²) in [6.45, 7) is -0.224.